The normalized spacial score (nSPS) is 10.4. The first-order valence-electron chi connectivity index (χ1n) is 4.63. The van der Waals surface area contributed by atoms with Gasteiger partial charge < -0.3 is 4.74 Å². The minimum Gasteiger partial charge on any atom is -0.485 e. The zero-order valence-electron chi connectivity index (χ0n) is 8.82. The number of halogens is 1. The molecule has 0 bridgehead atoms. The molecule has 5 heteroatoms. The van der Waals surface area contributed by atoms with Crippen molar-refractivity contribution in [2.75, 3.05) is 7.11 Å². The van der Waals surface area contributed by atoms with E-state index in [1.807, 2.05) is 19.1 Å². The van der Waals surface area contributed by atoms with Gasteiger partial charge in [0.15, 0.2) is 0 Å². The van der Waals surface area contributed by atoms with Gasteiger partial charge >= 0.3 is 0 Å². The van der Waals surface area contributed by atoms with Crippen molar-refractivity contribution in [2.24, 2.45) is 0 Å². The average molecular weight is 297 g/mol. The van der Waals surface area contributed by atoms with Gasteiger partial charge in [-0.15, -0.1) is 0 Å². The molecule has 0 radical (unpaired) electrons. The second-order valence-corrected chi connectivity index (χ2v) is 4.59. The Kier molecular flexibility index (Phi) is 3.16. The van der Waals surface area contributed by atoms with E-state index in [0.29, 0.717) is 10.7 Å². The fraction of sp³-hybridized carbons (Fsp3) is 0.182. The zero-order valence-corrected chi connectivity index (χ0v) is 11.2. The second-order valence-electron chi connectivity index (χ2n) is 3.36. The van der Waals surface area contributed by atoms with Gasteiger partial charge in [-0.25, -0.2) is 4.98 Å². The van der Waals surface area contributed by atoms with E-state index in [1.54, 1.807) is 6.20 Å². The molecule has 0 aliphatic rings. The van der Waals surface area contributed by atoms with Crippen LogP contribution in [0.15, 0.2) is 22.8 Å². The Morgan fingerprint density at radius 3 is 2.88 bits per heavy atom. The number of ether oxygens (including phenoxy) is 1. The summed E-state index contributed by atoms with van der Waals surface area (Å²) in [5.41, 5.74) is 3.34. The summed E-state index contributed by atoms with van der Waals surface area (Å²) in [6.07, 6.45) is 1.62. The number of benzene rings is 1. The van der Waals surface area contributed by atoms with E-state index in [-0.39, 0.29) is 0 Å². The van der Waals surface area contributed by atoms with Crippen LogP contribution in [0.1, 0.15) is 11.3 Å². The maximum atomic E-state index is 5.01. The highest BCUT2D eigenvalue weighted by Crippen LogP contribution is 2.22. The minimum atomic E-state index is 0.354. The molecule has 1 heterocycles. The summed E-state index contributed by atoms with van der Waals surface area (Å²) in [6, 6.07) is 3.97. The standard InChI is InChI=1S/C11H9BrN2OS/c1-6-3-7(12)10-8(4-6)14-9(5-13-10)11(16)15-2/h3-5H,1-2H3. The lowest BCUT2D eigenvalue weighted by Gasteiger charge is -2.05. The summed E-state index contributed by atoms with van der Waals surface area (Å²) in [4.78, 5) is 8.72. The second kappa shape index (κ2) is 4.43. The summed E-state index contributed by atoms with van der Waals surface area (Å²) >= 11 is 8.47. The van der Waals surface area contributed by atoms with Gasteiger partial charge in [0, 0.05) is 4.47 Å². The first-order chi connectivity index (χ1) is 7.61. The van der Waals surface area contributed by atoms with Crippen molar-refractivity contribution in [1.82, 2.24) is 9.97 Å². The van der Waals surface area contributed by atoms with Crippen molar-refractivity contribution < 1.29 is 4.74 Å². The number of fused-ring (bicyclic) bond motifs is 1. The monoisotopic (exact) mass is 296 g/mol. The van der Waals surface area contributed by atoms with Gasteiger partial charge in [0.25, 0.3) is 0 Å². The third kappa shape index (κ3) is 2.05. The summed E-state index contributed by atoms with van der Waals surface area (Å²) in [5, 5.41) is 0.354. The Balaban J connectivity index is 2.66. The van der Waals surface area contributed by atoms with Crippen LogP contribution in [0.5, 0.6) is 0 Å². The third-order valence-electron chi connectivity index (χ3n) is 2.14. The van der Waals surface area contributed by atoms with Gasteiger partial charge in [0.2, 0.25) is 5.05 Å². The van der Waals surface area contributed by atoms with E-state index in [9.17, 15) is 0 Å². The highest BCUT2D eigenvalue weighted by Gasteiger charge is 2.07. The number of hydrogen-bond donors (Lipinski definition) is 0. The van der Waals surface area contributed by atoms with Crippen LogP contribution in [0.3, 0.4) is 0 Å². The van der Waals surface area contributed by atoms with Crippen LogP contribution in [0.25, 0.3) is 11.0 Å². The highest BCUT2D eigenvalue weighted by molar-refractivity contribution is 9.10. The molecule has 0 atom stereocenters. The molecule has 82 valence electrons. The van der Waals surface area contributed by atoms with Gasteiger partial charge in [0.05, 0.1) is 18.8 Å². The molecule has 0 unspecified atom stereocenters. The summed E-state index contributed by atoms with van der Waals surface area (Å²) in [6.45, 7) is 2.01. The topological polar surface area (TPSA) is 35.0 Å². The average Bonchev–Trinajstić information content (AvgIpc) is 2.27. The number of rotatable bonds is 1. The molecule has 0 fully saturated rings. The Labute approximate surface area is 107 Å². The summed E-state index contributed by atoms with van der Waals surface area (Å²) < 4.78 is 5.90. The summed E-state index contributed by atoms with van der Waals surface area (Å²) in [7, 11) is 1.53. The third-order valence-corrected chi connectivity index (χ3v) is 3.12. The fourth-order valence-electron chi connectivity index (χ4n) is 1.42. The van der Waals surface area contributed by atoms with Gasteiger partial charge in [-0.05, 0) is 52.8 Å². The van der Waals surface area contributed by atoms with Crippen molar-refractivity contribution in [2.45, 2.75) is 6.92 Å². The molecule has 3 nitrogen and oxygen atoms in total. The molecule has 0 aliphatic heterocycles. The first-order valence-corrected chi connectivity index (χ1v) is 5.83. The lowest BCUT2D eigenvalue weighted by Crippen LogP contribution is -2.04. The minimum absolute atomic E-state index is 0.354. The van der Waals surface area contributed by atoms with Gasteiger partial charge in [-0.3, -0.25) is 4.98 Å². The van der Waals surface area contributed by atoms with Gasteiger partial charge in [-0.1, -0.05) is 0 Å². The fourth-order valence-corrected chi connectivity index (χ4v) is 2.18. The molecule has 0 spiro atoms. The van der Waals surface area contributed by atoms with Gasteiger partial charge in [0.1, 0.15) is 11.2 Å². The number of thiocarbonyl (C=S) groups is 1. The smallest absolute Gasteiger partial charge is 0.211 e. The lowest BCUT2D eigenvalue weighted by molar-refractivity contribution is 0.414. The van der Waals surface area contributed by atoms with E-state index in [0.717, 1.165) is 21.1 Å². The zero-order chi connectivity index (χ0) is 11.7. The molecular weight excluding hydrogens is 288 g/mol. The van der Waals surface area contributed by atoms with Crippen LogP contribution in [0, 0.1) is 6.92 Å². The van der Waals surface area contributed by atoms with Gasteiger partial charge in [-0.2, -0.15) is 0 Å². The molecule has 2 rings (SSSR count). The molecule has 1 aromatic carbocycles. The van der Waals surface area contributed by atoms with Crippen molar-refractivity contribution in [1.29, 1.82) is 0 Å². The van der Waals surface area contributed by atoms with E-state index in [4.69, 9.17) is 17.0 Å². The van der Waals surface area contributed by atoms with Crippen LogP contribution in [0.2, 0.25) is 0 Å². The van der Waals surface area contributed by atoms with Crippen molar-refractivity contribution in [3.05, 3.63) is 34.1 Å². The predicted molar refractivity (Wildman–Crippen MR) is 70.7 cm³/mol. The van der Waals surface area contributed by atoms with Crippen LogP contribution in [-0.4, -0.2) is 22.1 Å². The number of aryl methyl sites for hydroxylation is 1. The number of hydrogen-bond acceptors (Lipinski definition) is 4. The Hall–Kier alpha value is -1.07. The molecule has 0 saturated heterocycles. The maximum absolute atomic E-state index is 5.01. The Bertz CT molecular complexity index is 571. The molecule has 1 aromatic heterocycles. The van der Waals surface area contributed by atoms with Crippen LogP contribution in [-0.2, 0) is 4.74 Å². The molecule has 0 amide bonds. The van der Waals surface area contributed by atoms with E-state index in [2.05, 4.69) is 25.9 Å². The van der Waals surface area contributed by atoms with E-state index >= 15 is 0 Å². The number of aromatic nitrogens is 2. The van der Waals surface area contributed by atoms with Crippen molar-refractivity contribution >= 4 is 44.2 Å². The summed E-state index contributed by atoms with van der Waals surface area (Å²) in [5.74, 6) is 0. The molecular formula is C11H9BrN2OS. The Morgan fingerprint density at radius 2 is 2.19 bits per heavy atom. The molecule has 16 heavy (non-hydrogen) atoms. The predicted octanol–water partition coefficient (Wildman–Crippen LogP) is 3.02. The molecule has 0 saturated carbocycles. The molecule has 0 aliphatic carbocycles. The van der Waals surface area contributed by atoms with Crippen LogP contribution >= 0.6 is 28.1 Å². The largest absolute Gasteiger partial charge is 0.485 e. The molecule has 0 N–H and O–H groups in total. The van der Waals surface area contributed by atoms with E-state index in [1.165, 1.54) is 7.11 Å². The lowest BCUT2D eigenvalue weighted by atomic mass is 10.2. The maximum Gasteiger partial charge on any atom is 0.211 e. The number of nitrogens with zero attached hydrogens (tertiary/aromatic N) is 2. The highest BCUT2D eigenvalue weighted by atomic mass is 79.9. The molecule has 2 aromatic rings. The number of methoxy groups -OCH3 is 1. The van der Waals surface area contributed by atoms with Crippen LogP contribution < -0.4 is 0 Å². The first kappa shape index (κ1) is 11.4. The quantitative estimate of drug-likeness (QED) is 0.758. The van der Waals surface area contributed by atoms with Crippen molar-refractivity contribution in [3.8, 4) is 0 Å². The van der Waals surface area contributed by atoms with Crippen LogP contribution in [0.4, 0.5) is 0 Å². The SMILES string of the molecule is COC(=S)c1cnc2c(Br)cc(C)cc2n1. The van der Waals surface area contributed by atoms with E-state index < -0.39 is 0 Å². The van der Waals surface area contributed by atoms with Crippen molar-refractivity contribution in [3.63, 3.8) is 0 Å². The Morgan fingerprint density at radius 1 is 1.44 bits per heavy atom.